The fourth-order valence-corrected chi connectivity index (χ4v) is 3.04. The van der Waals surface area contributed by atoms with Gasteiger partial charge in [-0.25, -0.2) is 14.9 Å². The SMILES string of the molecule is Cl.Cl.O=C(C=Cc1cnc(N[C@@H]2CCN(CCc3cccc(F)c3)C2)cn1)NO. The lowest BCUT2D eigenvalue weighted by Crippen LogP contribution is -2.28. The van der Waals surface area contributed by atoms with Crippen molar-refractivity contribution in [3.05, 3.63) is 59.8 Å². The van der Waals surface area contributed by atoms with Crippen LogP contribution in [-0.2, 0) is 11.2 Å². The number of carbonyl (C=O) groups excluding carboxylic acids is 1. The van der Waals surface area contributed by atoms with Crippen molar-refractivity contribution >= 4 is 42.6 Å². The lowest BCUT2D eigenvalue weighted by molar-refractivity contribution is -0.124. The maximum Gasteiger partial charge on any atom is 0.267 e. The van der Waals surface area contributed by atoms with Crippen molar-refractivity contribution in [1.82, 2.24) is 20.3 Å². The van der Waals surface area contributed by atoms with Gasteiger partial charge in [-0.3, -0.25) is 15.0 Å². The zero-order chi connectivity index (χ0) is 19.1. The smallest absolute Gasteiger partial charge is 0.267 e. The van der Waals surface area contributed by atoms with Crippen molar-refractivity contribution in [1.29, 1.82) is 0 Å². The number of carbonyl (C=O) groups is 1. The number of nitrogens with one attached hydrogen (secondary N) is 2. The minimum Gasteiger partial charge on any atom is -0.365 e. The summed E-state index contributed by atoms with van der Waals surface area (Å²) in [5.41, 5.74) is 3.04. The van der Waals surface area contributed by atoms with Crippen LogP contribution in [0.15, 0.2) is 42.7 Å². The monoisotopic (exact) mass is 443 g/mol. The van der Waals surface area contributed by atoms with Crippen molar-refractivity contribution in [2.75, 3.05) is 25.0 Å². The van der Waals surface area contributed by atoms with E-state index in [2.05, 4.69) is 20.2 Å². The summed E-state index contributed by atoms with van der Waals surface area (Å²) in [6.07, 6.45) is 7.64. The second-order valence-corrected chi connectivity index (χ2v) is 6.45. The first-order valence-electron chi connectivity index (χ1n) is 8.80. The Balaban J connectivity index is 0.00000210. The van der Waals surface area contributed by atoms with E-state index in [1.165, 1.54) is 23.7 Å². The Morgan fingerprint density at radius 1 is 1.31 bits per heavy atom. The number of likely N-dealkylation sites (tertiary alicyclic amines) is 1. The van der Waals surface area contributed by atoms with E-state index in [9.17, 15) is 9.18 Å². The number of rotatable bonds is 7. The fraction of sp³-hybridized carbons (Fsp3) is 0.316. The van der Waals surface area contributed by atoms with Gasteiger partial charge in [0, 0.05) is 31.8 Å². The molecule has 158 valence electrons. The highest BCUT2D eigenvalue weighted by molar-refractivity contribution is 5.90. The molecule has 2 aromatic rings. The number of hydroxylamine groups is 1. The number of halogens is 3. The largest absolute Gasteiger partial charge is 0.365 e. The molecule has 1 fully saturated rings. The van der Waals surface area contributed by atoms with E-state index in [0.29, 0.717) is 11.5 Å². The van der Waals surface area contributed by atoms with Crippen LogP contribution in [0.2, 0.25) is 0 Å². The fourth-order valence-electron chi connectivity index (χ4n) is 3.04. The Labute approximate surface area is 181 Å². The molecule has 1 atom stereocenters. The predicted molar refractivity (Wildman–Crippen MR) is 114 cm³/mol. The number of anilines is 1. The third-order valence-corrected chi connectivity index (χ3v) is 4.42. The lowest BCUT2D eigenvalue weighted by Gasteiger charge is -2.17. The maximum atomic E-state index is 13.2. The summed E-state index contributed by atoms with van der Waals surface area (Å²) < 4.78 is 13.2. The van der Waals surface area contributed by atoms with E-state index >= 15 is 0 Å². The maximum absolute atomic E-state index is 13.2. The van der Waals surface area contributed by atoms with E-state index in [-0.39, 0.29) is 36.7 Å². The summed E-state index contributed by atoms with van der Waals surface area (Å²) >= 11 is 0. The molecule has 0 radical (unpaired) electrons. The van der Waals surface area contributed by atoms with Gasteiger partial charge in [0.2, 0.25) is 0 Å². The Kier molecular flexibility index (Phi) is 10.5. The van der Waals surface area contributed by atoms with Crippen LogP contribution in [0.5, 0.6) is 0 Å². The van der Waals surface area contributed by atoms with Gasteiger partial charge < -0.3 is 10.2 Å². The molecule has 0 unspecified atom stereocenters. The van der Waals surface area contributed by atoms with Crippen LogP contribution in [0, 0.1) is 5.82 Å². The summed E-state index contributed by atoms with van der Waals surface area (Å²) in [5, 5.41) is 11.8. The van der Waals surface area contributed by atoms with Crippen LogP contribution >= 0.6 is 24.8 Å². The van der Waals surface area contributed by atoms with Gasteiger partial charge in [0.05, 0.1) is 18.1 Å². The topological polar surface area (TPSA) is 90.4 Å². The van der Waals surface area contributed by atoms with Crippen LogP contribution in [-0.4, -0.2) is 51.7 Å². The first kappa shape index (κ1) is 24.8. The van der Waals surface area contributed by atoms with Gasteiger partial charge in [-0.1, -0.05) is 12.1 Å². The Morgan fingerprint density at radius 3 is 2.83 bits per heavy atom. The second-order valence-electron chi connectivity index (χ2n) is 6.45. The molecule has 1 aromatic heterocycles. The first-order chi connectivity index (χ1) is 13.1. The minimum atomic E-state index is -0.622. The van der Waals surface area contributed by atoms with E-state index in [0.717, 1.165) is 38.0 Å². The molecule has 1 aliphatic heterocycles. The van der Waals surface area contributed by atoms with Gasteiger partial charge in [0.1, 0.15) is 11.6 Å². The van der Waals surface area contributed by atoms with Crippen molar-refractivity contribution in [3.8, 4) is 0 Å². The van der Waals surface area contributed by atoms with Gasteiger partial charge in [0.25, 0.3) is 5.91 Å². The van der Waals surface area contributed by atoms with Crippen molar-refractivity contribution in [3.63, 3.8) is 0 Å². The molecule has 2 heterocycles. The summed E-state index contributed by atoms with van der Waals surface area (Å²) in [6, 6.07) is 7.02. The number of nitrogens with zero attached hydrogens (tertiary/aromatic N) is 3. The molecule has 3 rings (SSSR count). The standard InChI is InChI=1S/C19H22FN5O2.2ClH/c20-15-3-1-2-14(10-15)6-8-25-9-7-17(13-25)23-18-12-21-16(11-22-18)4-5-19(26)24-27;;/h1-5,10-12,17,27H,6-9,13H2,(H,22,23)(H,24,26);2*1H/t17-;;/m1../s1. The minimum absolute atomic E-state index is 0. The summed E-state index contributed by atoms with van der Waals surface area (Å²) in [4.78, 5) is 21.8. The number of hydrogen-bond donors (Lipinski definition) is 3. The summed E-state index contributed by atoms with van der Waals surface area (Å²) in [5.74, 6) is -0.138. The highest BCUT2D eigenvalue weighted by atomic mass is 35.5. The van der Waals surface area contributed by atoms with Gasteiger partial charge in [-0.05, 0) is 36.6 Å². The molecular formula is C19H24Cl2FN5O2. The molecule has 7 nitrogen and oxygen atoms in total. The Hall–Kier alpha value is -2.26. The van der Waals surface area contributed by atoms with Crippen molar-refractivity contribution in [2.24, 2.45) is 0 Å². The molecule has 0 spiro atoms. The summed E-state index contributed by atoms with van der Waals surface area (Å²) in [6.45, 7) is 2.77. The molecule has 0 saturated carbocycles. The molecule has 0 bridgehead atoms. The van der Waals surface area contributed by atoms with Crippen LogP contribution in [0.4, 0.5) is 10.2 Å². The second kappa shape index (κ2) is 12.3. The Morgan fingerprint density at radius 2 is 2.14 bits per heavy atom. The normalized spacial score (nSPS) is 16.1. The van der Waals surface area contributed by atoms with Crippen molar-refractivity contribution < 1.29 is 14.4 Å². The van der Waals surface area contributed by atoms with E-state index in [4.69, 9.17) is 5.21 Å². The van der Waals surface area contributed by atoms with Gasteiger partial charge in [-0.15, -0.1) is 24.8 Å². The number of benzene rings is 1. The zero-order valence-corrected chi connectivity index (χ0v) is 17.3. The van der Waals surface area contributed by atoms with Crippen LogP contribution in [0.3, 0.4) is 0 Å². The van der Waals surface area contributed by atoms with Gasteiger partial charge in [-0.2, -0.15) is 0 Å². The summed E-state index contributed by atoms with van der Waals surface area (Å²) in [7, 11) is 0. The van der Waals surface area contributed by atoms with Crippen molar-refractivity contribution in [2.45, 2.75) is 18.9 Å². The third kappa shape index (κ3) is 7.94. The average Bonchev–Trinajstić information content (AvgIpc) is 3.13. The molecule has 1 aromatic carbocycles. The van der Waals surface area contributed by atoms with E-state index < -0.39 is 5.91 Å². The lowest BCUT2D eigenvalue weighted by atomic mass is 10.1. The molecule has 29 heavy (non-hydrogen) atoms. The van der Waals surface area contributed by atoms with Gasteiger partial charge >= 0.3 is 0 Å². The quantitative estimate of drug-likeness (QED) is 0.346. The third-order valence-electron chi connectivity index (χ3n) is 4.42. The molecule has 3 N–H and O–H groups in total. The van der Waals surface area contributed by atoms with Crippen LogP contribution < -0.4 is 10.8 Å². The molecule has 1 amide bonds. The van der Waals surface area contributed by atoms with Crippen LogP contribution in [0.1, 0.15) is 17.7 Å². The van der Waals surface area contributed by atoms with E-state index in [1.54, 1.807) is 24.5 Å². The Bertz CT molecular complexity index is 807. The number of hydrogen-bond acceptors (Lipinski definition) is 6. The average molecular weight is 444 g/mol. The first-order valence-corrected chi connectivity index (χ1v) is 8.80. The molecular weight excluding hydrogens is 420 g/mol. The number of amides is 1. The molecule has 1 aliphatic rings. The molecule has 0 aliphatic carbocycles. The van der Waals surface area contributed by atoms with Gasteiger partial charge in [0.15, 0.2) is 0 Å². The predicted octanol–water partition coefficient (Wildman–Crippen LogP) is 2.71. The zero-order valence-electron chi connectivity index (χ0n) is 15.6. The number of aromatic nitrogens is 2. The van der Waals surface area contributed by atoms with E-state index in [1.807, 2.05) is 6.07 Å². The molecule has 10 heteroatoms. The highest BCUT2D eigenvalue weighted by Gasteiger charge is 2.22. The van der Waals surface area contributed by atoms with Crippen LogP contribution in [0.25, 0.3) is 6.08 Å². The molecule has 1 saturated heterocycles. The highest BCUT2D eigenvalue weighted by Crippen LogP contribution is 2.15.